The summed E-state index contributed by atoms with van der Waals surface area (Å²) in [6.45, 7) is 3.14. The van der Waals surface area contributed by atoms with Gasteiger partial charge in [-0.15, -0.1) is 0 Å². The van der Waals surface area contributed by atoms with Gasteiger partial charge in [-0.1, -0.05) is 24.3 Å². The Balaban J connectivity index is 1.22. The molecule has 2 N–H and O–H groups in total. The maximum Gasteiger partial charge on any atom is 0.315 e. The summed E-state index contributed by atoms with van der Waals surface area (Å²) in [6, 6.07) is 16.1. The molecule has 4 rings (SSSR count). The molecular weight excluding hydrogens is 326 g/mol. The number of imidazole rings is 1. The summed E-state index contributed by atoms with van der Waals surface area (Å²) in [5.41, 5.74) is 2.99. The highest BCUT2D eigenvalue weighted by atomic mass is 16.2. The maximum absolute atomic E-state index is 12.1. The van der Waals surface area contributed by atoms with Crippen molar-refractivity contribution in [2.75, 3.05) is 24.5 Å². The number of hydrogen-bond donors (Lipinski definition) is 2. The first-order chi connectivity index (χ1) is 12.8. The van der Waals surface area contributed by atoms with E-state index in [1.165, 1.54) is 5.69 Å². The molecule has 0 spiro atoms. The molecule has 1 fully saturated rings. The predicted octanol–water partition coefficient (Wildman–Crippen LogP) is 2.66. The second-order valence-electron chi connectivity index (χ2n) is 6.70. The van der Waals surface area contributed by atoms with Crippen molar-refractivity contribution >= 4 is 17.4 Å². The van der Waals surface area contributed by atoms with Gasteiger partial charge in [0.25, 0.3) is 0 Å². The van der Waals surface area contributed by atoms with Crippen LogP contribution in [0.3, 0.4) is 0 Å². The number of nitrogens with one attached hydrogen (secondary N) is 2. The van der Waals surface area contributed by atoms with E-state index in [0.717, 1.165) is 30.9 Å². The molecule has 1 aliphatic rings. The fourth-order valence-electron chi connectivity index (χ4n) is 3.42. The van der Waals surface area contributed by atoms with E-state index in [1.807, 2.05) is 41.1 Å². The Morgan fingerprint density at radius 2 is 1.96 bits per heavy atom. The lowest BCUT2D eigenvalue weighted by Crippen LogP contribution is -2.38. The fourth-order valence-corrected chi connectivity index (χ4v) is 3.42. The molecule has 1 saturated heterocycles. The molecule has 26 heavy (non-hydrogen) atoms. The van der Waals surface area contributed by atoms with Crippen LogP contribution in [0.25, 0.3) is 5.65 Å². The zero-order valence-electron chi connectivity index (χ0n) is 14.6. The lowest BCUT2D eigenvalue weighted by atomic mass is 10.1. The summed E-state index contributed by atoms with van der Waals surface area (Å²) in [5, 5.41) is 5.88. The summed E-state index contributed by atoms with van der Waals surface area (Å²) in [6.07, 6.45) is 4.98. The zero-order chi connectivity index (χ0) is 17.8. The van der Waals surface area contributed by atoms with Gasteiger partial charge in [-0.2, -0.15) is 0 Å². The summed E-state index contributed by atoms with van der Waals surface area (Å²) < 4.78 is 1.95. The van der Waals surface area contributed by atoms with E-state index in [-0.39, 0.29) is 6.03 Å². The van der Waals surface area contributed by atoms with Crippen LogP contribution in [0.2, 0.25) is 0 Å². The number of para-hydroxylation sites is 1. The molecule has 0 aliphatic carbocycles. The Hall–Kier alpha value is -3.02. The lowest BCUT2D eigenvalue weighted by Gasteiger charge is -2.18. The van der Waals surface area contributed by atoms with E-state index in [0.29, 0.717) is 19.0 Å². The molecular formula is C20H23N5O. The van der Waals surface area contributed by atoms with Gasteiger partial charge >= 0.3 is 6.03 Å². The van der Waals surface area contributed by atoms with Gasteiger partial charge in [0.2, 0.25) is 0 Å². The molecule has 0 radical (unpaired) electrons. The number of pyridine rings is 1. The van der Waals surface area contributed by atoms with Crippen molar-refractivity contribution in [2.24, 2.45) is 5.92 Å². The molecule has 6 heteroatoms. The van der Waals surface area contributed by atoms with E-state index in [9.17, 15) is 4.79 Å². The highest BCUT2D eigenvalue weighted by Gasteiger charge is 2.22. The van der Waals surface area contributed by atoms with E-state index in [4.69, 9.17) is 0 Å². The van der Waals surface area contributed by atoms with Crippen LogP contribution >= 0.6 is 0 Å². The summed E-state index contributed by atoms with van der Waals surface area (Å²) >= 11 is 0. The maximum atomic E-state index is 12.1. The Kier molecular flexibility index (Phi) is 4.73. The molecule has 0 saturated carbocycles. The first-order valence-corrected chi connectivity index (χ1v) is 9.02. The predicted molar refractivity (Wildman–Crippen MR) is 102 cm³/mol. The smallest absolute Gasteiger partial charge is 0.315 e. The molecule has 2 aromatic heterocycles. The monoisotopic (exact) mass is 349 g/mol. The number of benzene rings is 1. The zero-order valence-corrected chi connectivity index (χ0v) is 14.6. The van der Waals surface area contributed by atoms with Crippen LogP contribution in [0.5, 0.6) is 0 Å². The van der Waals surface area contributed by atoms with Crippen molar-refractivity contribution in [3.8, 4) is 0 Å². The minimum absolute atomic E-state index is 0.139. The molecule has 3 heterocycles. The van der Waals surface area contributed by atoms with Gasteiger partial charge < -0.3 is 19.9 Å². The minimum atomic E-state index is -0.139. The number of aromatic nitrogens is 2. The molecule has 0 bridgehead atoms. The van der Waals surface area contributed by atoms with E-state index < -0.39 is 0 Å². The topological polar surface area (TPSA) is 61.7 Å². The number of nitrogens with zero attached hydrogens (tertiary/aromatic N) is 3. The molecule has 6 nitrogen and oxygen atoms in total. The number of rotatable bonds is 5. The lowest BCUT2D eigenvalue weighted by molar-refractivity contribution is 0.239. The van der Waals surface area contributed by atoms with Crippen LogP contribution in [-0.4, -0.2) is 35.1 Å². The van der Waals surface area contributed by atoms with Crippen molar-refractivity contribution in [1.29, 1.82) is 0 Å². The number of carbonyl (C=O) groups is 1. The SMILES string of the molecule is O=C(NCc1cn2ccccc2n1)NC[C@@H]1CCN(c2ccccc2)C1. The highest BCUT2D eigenvalue weighted by Crippen LogP contribution is 2.22. The van der Waals surface area contributed by atoms with Crippen LogP contribution in [0.4, 0.5) is 10.5 Å². The molecule has 1 aromatic carbocycles. The quantitative estimate of drug-likeness (QED) is 0.744. The fraction of sp³-hybridized carbons (Fsp3) is 0.300. The largest absolute Gasteiger partial charge is 0.371 e. The van der Waals surface area contributed by atoms with Crippen LogP contribution < -0.4 is 15.5 Å². The Labute approximate surface area is 152 Å². The van der Waals surface area contributed by atoms with Crippen LogP contribution in [-0.2, 0) is 6.54 Å². The van der Waals surface area contributed by atoms with Crippen molar-refractivity contribution < 1.29 is 4.79 Å². The molecule has 1 atom stereocenters. The van der Waals surface area contributed by atoms with Crippen molar-refractivity contribution in [3.05, 3.63) is 66.6 Å². The van der Waals surface area contributed by atoms with Gasteiger partial charge in [-0.3, -0.25) is 0 Å². The Bertz CT molecular complexity index is 843. The number of hydrogen-bond acceptors (Lipinski definition) is 3. The third-order valence-electron chi connectivity index (χ3n) is 4.80. The van der Waals surface area contributed by atoms with Crippen molar-refractivity contribution in [2.45, 2.75) is 13.0 Å². The van der Waals surface area contributed by atoms with Gasteiger partial charge in [0, 0.05) is 37.7 Å². The van der Waals surface area contributed by atoms with Gasteiger partial charge in [0.1, 0.15) is 5.65 Å². The number of urea groups is 1. The second kappa shape index (κ2) is 7.47. The third-order valence-corrected chi connectivity index (χ3v) is 4.80. The van der Waals surface area contributed by atoms with Crippen molar-refractivity contribution in [1.82, 2.24) is 20.0 Å². The molecule has 2 amide bonds. The van der Waals surface area contributed by atoms with Crippen LogP contribution in [0, 0.1) is 5.92 Å². The first-order valence-electron chi connectivity index (χ1n) is 9.02. The van der Waals surface area contributed by atoms with Gasteiger partial charge in [0.15, 0.2) is 0 Å². The van der Waals surface area contributed by atoms with E-state index >= 15 is 0 Å². The van der Waals surface area contributed by atoms with Gasteiger partial charge in [-0.25, -0.2) is 9.78 Å². The number of fused-ring (bicyclic) bond motifs is 1. The van der Waals surface area contributed by atoms with Gasteiger partial charge in [-0.05, 0) is 36.6 Å². The second-order valence-corrected chi connectivity index (χ2v) is 6.70. The van der Waals surface area contributed by atoms with E-state index in [2.05, 4.69) is 44.8 Å². The number of carbonyl (C=O) groups excluding carboxylic acids is 1. The minimum Gasteiger partial charge on any atom is -0.371 e. The number of amides is 2. The van der Waals surface area contributed by atoms with Gasteiger partial charge in [0.05, 0.1) is 12.2 Å². The highest BCUT2D eigenvalue weighted by molar-refractivity contribution is 5.73. The van der Waals surface area contributed by atoms with Crippen molar-refractivity contribution in [3.63, 3.8) is 0 Å². The summed E-state index contributed by atoms with van der Waals surface area (Å²) in [5.74, 6) is 0.483. The summed E-state index contributed by atoms with van der Waals surface area (Å²) in [7, 11) is 0. The molecule has 1 aliphatic heterocycles. The normalized spacial score (nSPS) is 16.8. The summed E-state index contributed by atoms with van der Waals surface area (Å²) in [4.78, 5) is 18.9. The third kappa shape index (κ3) is 3.79. The molecule has 134 valence electrons. The average molecular weight is 349 g/mol. The standard InChI is InChI=1S/C20H23N5O/c26-20(22-13-17-15-25-10-5-4-8-19(25)23-17)21-12-16-9-11-24(14-16)18-6-2-1-3-7-18/h1-8,10,15-16H,9,11-14H2,(H2,21,22,26)/t16-/m0/s1. The molecule has 3 aromatic rings. The van der Waals surface area contributed by atoms with Crippen LogP contribution in [0.1, 0.15) is 12.1 Å². The Morgan fingerprint density at radius 3 is 2.81 bits per heavy atom. The Morgan fingerprint density at radius 1 is 1.12 bits per heavy atom. The first kappa shape index (κ1) is 16.4. The molecule has 0 unspecified atom stereocenters. The number of anilines is 1. The van der Waals surface area contributed by atoms with E-state index in [1.54, 1.807) is 0 Å². The van der Waals surface area contributed by atoms with Crippen LogP contribution in [0.15, 0.2) is 60.9 Å². The average Bonchev–Trinajstić information content (AvgIpc) is 3.32.